The molecule has 0 aliphatic heterocycles. The molecule has 0 spiro atoms. The van der Waals surface area contributed by atoms with Gasteiger partial charge in [-0.15, -0.1) is 0 Å². The van der Waals surface area contributed by atoms with Crippen LogP contribution in [0.25, 0.3) is 0 Å². The molecule has 29 heavy (non-hydrogen) atoms. The summed E-state index contributed by atoms with van der Waals surface area (Å²) in [7, 11) is 1.59. The molecule has 1 aromatic heterocycles. The number of carbonyl (C=O) groups is 1. The van der Waals surface area contributed by atoms with Gasteiger partial charge in [0.25, 0.3) is 5.56 Å². The monoisotopic (exact) mass is 409 g/mol. The number of carbonyl (C=O) groups excluding carboxylic acids is 1. The maximum Gasteiger partial charge on any atom is 0.255 e. The highest BCUT2D eigenvalue weighted by Crippen LogP contribution is 2.19. The predicted octanol–water partition coefficient (Wildman–Crippen LogP) is 3.24. The van der Waals surface area contributed by atoms with E-state index in [1.54, 1.807) is 14.0 Å². The standard InChI is InChI=1S/C22H23N3O3S/c1-15-18(12-20(26)23-13-17-10-6-7-11-19(17)28-2)21(27)25-22(24-15)29-14-16-8-4-3-5-9-16/h3-11H,12-14H2,1-2H3,(H,23,26)(H,24,25,27). The van der Waals surface area contributed by atoms with Crippen LogP contribution in [-0.4, -0.2) is 23.0 Å². The minimum Gasteiger partial charge on any atom is -0.496 e. The largest absolute Gasteiger partial charge is 0.496 e. The van der Waals surface area contributed by atoms with Crippen molar-refractivity contribution in [3.63, 3.8) is 0 Å². The highest BCUT2D eigenvalue weighted by atomic mass is 32.2. The van der Waals surface area contributed by atoms with Gasteiger partial charge in [0, 0.05) is 29.1 Å². The molecule has 2 N–H and O–H groups in total. The van der Waals surface area contributed by atoms with Crippen molar-refractivity contribution in [2.45, 2.75) is 30.8 Å². The number of hydrogen-bond acceptors (Lipinski definition) is 5. The molecule has 1 heterocycles. The first-order chi connectivity index (χ1) is 14.1. The Labute approximate surface area is 173 Å². The zero-order valence-electron chi connectivity index (χ0n) is 16.4. The van der Waals surface area contributed by atoms with E-state index in [2.05, 4.69) is 15.3 Å². The number of amides is 1. The number of aromatic amines is 1. The van der Waals surface area contributed by atoms with Gasteiger partial charge >= 0.3 is 0 Å². The van der Waals surface area contributed by atoms with Crippen molar-refractivity contribution in [3.05, 3.63) is 87.3 Å². The van der Waals surface area contributed by atoms with Gasteiger partial charge in [0.15, 0.2) is 5.16 Å². The summed E-state index contributed by atoms with van der Waals surface area (Å²) in [5, 5.41) is 3.38. The second-order valence-electron chi connectivity index (χ2n) is 6.47. The summed E-state index contributed by atoms with van der Waals surface area (Å²) in [6, 6.07) is 17.4. The lowest BCUT2D eigenvalue weighted by Crippen LogP contribution is -2.29. The molecule has 0 aliphatic rings. The van der Waals surface area contributed by atoms with Crippen molar-refractivity contribution < 1.29 is 9.53 Å². The van der Waals surface area contributed by atoms with Gasteiger partial charge in [0.2, 0.25) is 5.91 Å². The minimum absolute atomic E-state index is 0.0209. The molecule has 7 heteroatoms. The number of nitrogens with one attached hydrogen (secondary N) is 2. The van der Waals surface area contributed by atoms with Crippen molar-refractivity contribution in [3.8, 4) is 5.75 Å². The van der Waals surface area contributed by atoms with E-state index in [0.29, 0.717) is 34.5 Å². The topological polar surface area (TPSA) is 84.1 Å². The normalized spacial score (nSPS) is 10.6. The Kier molecular flexibility index (Phi) is 7.08. The summed E-state index contributed by atoms with van der Waals surface area (Å²) in [5.41, 5.74) is 2.70. The average Bonchev–Trinajstić information content (AvgIpc) is 2.74. The molecule has 0 radical (unpaired) electrons. The molecule has 3 rings (SSSR count). The van der Waals surface area contributed by atoms with Crippen LogP contribution in [-0.2, 0) is 23.5 Å². The third-order valence-electron chi connectivity index (χ3n) is 4.42. The fraction of sp³-hybridized carbons (Fsp3) is 0.227. The molecular weight excluding hydrogens is 386 g/mol. The highest BCUT2D eigenvalue weighted by molar-refractivity contribution is 7.98. The first kappa shape index (κ1) is 20.7. The quantitative estimate of drug-likeness (QED) is 0.441. The molecule has 0 aliphatic carbocycles. The van der Waals surface area contributed by atoms with E-state index in [-0.39, 0.29) is 17.9 Å². The van der Waals surface area contributed by atoms with Crippen molar-refractivity contribution in [2.24, 2.45) is 0 Å². The second-order valence-corrected chi connectivity index (χ2v) is 7.44. The number of nitrogens with zero attached hydrogens (tertiary/aromatic N) is 1. The van der Waals surface area contributed by atoms with Crippen LogP contribution in [0.4, 0.5) is 0 Å². The number of benzene rings is 2. The van der Waals surface area contributed by atoms with Crippen molar-refractivity contribution >= 4 is 17.7 Å². The minimum atomic E-state index is -0.277. The number of ether oxygens (including phenoxy) is 1. The van der Waals surface area contributed by atoms with E-state index >= 15 is 0 Å². The van der Waals surface area contributed by atoms with E-state index in [1.807, 2.05) is 54.6 Å². The number of aromatic nitrogens is 2. The number of hydrogen-bond donors (Lipinski definition) is 2. The first-order valence-corrected chi connectivity index (χ1v) is 10.2. The van der Waals surface area contributed by atoms with Gasteiger partial charge in [-0.2, -0.15) is 0 Å². The summed E-state index contributed by atoms with van der Waals surface area (Å²) < 4.78 is 5.28. The van der Waals surface area contributed by atoms with Crippen LogP contribution in [0.3, 0.4) is 0 Å². The smallest absolute Gasteiger partial charge is 0.255 e. The Morgan fingerprint density at radius 3 is 2.59 bits per heavy atom. The number of aryl methyl sites for hydroxylation is 1. The number of methoxy groups -OCH3 is 1. The molecule has 0 saturated carbocycles. The molecule has 0 atom stereocenters. The summed E-state index contributed by atoms with van der Waals surface area (Å²) in [4.78, 5) is 32.1. The van der Waals surface area contributed by atoms with Gasteiger partial charge in [0.1, 0.15) is 5.75 Å². The Morgan fingerprint density at radius 1 is 1.14 bits per heavy atom. The Morgan fingerprint density at radius 2 is 1.86 bits per heavy atom. The van der Waals surface area contributed by atoms with Crippen LogP contribution in [0.1, 0.15) is 22.4 Å². The van der Waals surface area contributed by atoms with Crippen LogP contribution in [0.5, 0.6) is 5.75 Å². The van der Waals surface area contributed by atoms with Crippen LogP contribution in [0.2, 0.25) is 0 Å². The van der Waals surface area contributed by atoms with E-state index in [0.717, 1.165) is 11.1 Å². The predicted molar refractivity (Wildman–Crippen MR) is 114 cm³/mol. The molecule has 0 unspecified atom stereocenters. The van der Waals surface area contributed by atoms with Crippen molar-refractivity contribution in [2.75, 3.05) is 7.11 Å². The summed E-state index contributed by atoms with van der Waals surface area (Å²) >= 11 is 1.46. The Bertz CT molecular complexity index is 1030. The van der Waals surface area contributed by atoms with E-state index in [4.69, 9.17) is 4.74 Å². The fourth-order valence-corrected chi connectivity index (χ4v) is 3.72. The van der Waals surface area contributed by atoms with Gasteiger partial charge < -0.3 is 15.0 Å². The van der Waals surface area contributed by atoms with E-state index in [1.165, 1.54) is 11.8 Å². The van der Waals surface area contributed by atoms with Gasteiger partial charge in [0.05, 0.1) is 13.5 Å². The first-order valence-electron chi connectivity index (χ1n) is 9.22. The van der Waals surface area contributed by atoms with Gasteiger partial charge in [-0.05, 0) is 18.6 Å². The van der Waals surface area contributed by atoms with Gasteiger partial charge in [-0.3, -0.25) is 9.59 Å². The molecule has 0 bridgehead atoms. The lowest BCUT2D eigenvalue weighted by Gasteiger charge is -2.10. The number of para-hydroxylation sites is 1. The third-order valence-corrected chi connectivity index (χ3v) is 5.37. The molecule has 0 saturated heterocycles. The molecule has 2 aromatic carbocycles. The maximum absolute atomic E-state index is 12.5. The summed E-state index contributed by atoms with van der Waals surface area (Å²) in [6.45, 7) is 2.09. The average molecular weight is 410 g/mol. The number of H-pyrrole nitrogens is 1. The van der Waals surface area contributed by atoms with E-state index in [9.17, 15) is 9.59 Å². The van der Waals surface area contributed by atoms with Crippen LogP contribution in [0, 0.1) is 6.92 Å². The summed E-state index contributed by atoms with van der Waals surface area (Å²) in [5.74, 6) is 1.18. The molecule has 6 nitrogen and oxygen atoms in total. The van der Waals surface area contributed by atoms with Crippen molar-refractivity contribution in [1.82, 2.24) is 15.3 Å². The molecular formula is C22H23N3O3S. The lowest BCUT2D eigenvalue weighted by molar-refractivity contribution is -0.120. The Balaban J connectivity index is 1.61. The third kappa shape index (κ3) is 5.71. The number of thioether (sulfide) groups is 1. The van der Waals surface area contributed by atoms with Gasteiger partial charge in [-0.1, -0.05) is 60.3 Å². The van der Waals surface area contributed by atoms with Crippen molar-refractivity contribution in [1.29, 1.82) is 0 Å². The van der Waals surface area contributed by atoms with E-state index < -0.39 is 0 Å². The zero-order valence-corrected chi connectivity index (χ0v) is 17.2. The molecule has 150 valence electrons. The molecule has 0 fully saturated rings. The number of rotatable bonds is 8. The lowest BCUT2D eigenvalue weighted by atomic mass is 10.1. The zero-order chi connectivity index (χ0) is 20.6. The molecule has 3 aromatic rings. The second kappa shape index (κ2) is 9.93. The fourth-order valence-electron chi connectivity index (χ4n) is 2.85. The SMILES string of the molecule is COc1ccccc1CNC(=O)Cc1c(C)nc(SCc2ccccc2)[nH]c1=O. The van der Waals surface area contributed by atoms with Crippen LogP contribution >= 0.6 is 11.8 Å². The Hall–Kier alpha value is -3.06. The maximum atomic E-state index is 12.5. The molecule has 1 amide bonds. The highest BCUT2D eigenvalue weighted by Gasteiger charge is 2.13. The van der Waals surface area contributed by atoms with Gasteiger partial charge in [-0.25, -0.2) is 4.98 Å². The summed E-state index contributed by atoms with van der Waals surface area (Å²) in [6.07, 6.45) is -0.0209. The van der Waals surface area contributed by atoms with Crippen LogP contribution in [0.15, 0.2) is 64.5 Å². The van der Waals surface area contributed by atoms with Crippen LogP contribution < -0.4 is 15.6 Å².